The van der Waals surface area contributed by atoms with Gasteiger partial charge in [-0.15, -0.1) is 0 Å². The molecule has 0 fully saturated rings. The molecule has 0 rings (SSSR count). The molecular formula is C10H4F17O4P-2. The number of hydrogen-bond donors (Lipinski definition) is 0. The fourth-order valence-electron chi connectivity index (χ4n) is 1.66. The summed E-state index contributed by atoms with van der Waals surface area (Å²) in [6.45, 7) is 0. The van der Waals surface area contributed by atoms with Crippen LogP contribution >= 0.6 is 7.82 Å². The van der Waals surface area contributed by atoms with Crippen molar-refractivity contribution >= 4 is 7.82 Å². The van der Waals surface area contributed by atoms with E-state index in [-0.39, 0.29) is 0 Å². The summed E-state index contributed by atoms with van der Waals surface area (Å²) >= 11 is 0. The fraction of sp³-hybridized carbons (Fsp3) is 1.00. The molecule has 0 aliphatic heterocycles. The average Bonchev–Trinajstić information content (AvgIpc) is 2.48. The zero-order valence-corrected chi connectivity index (χ0v) is 14.8. The summed E-state index contributed by atoms with van der Waals surface area (Å²) in [5.74, 6) is -49.0. The van der Waals surface area contributed by atoms with Crippen LogP contribution in [0.25, 0.3) is 0 Å². The van der Waals surface area contributed by atoms with Gasteiger partial charge in [-0.1, -0.05) is 0 Å². The van der Waals surface area contributed by atoms with E-state index in [4.69, 9.17) is 0 Å². The van der Waals surface area contributed by atoms with Crippen LogP contribution in [-0.4, -0.2) is 47.8 Å². The quantitative estimate of drug-likeness (QED) is 0.300. The van der Waals surface area contributed by atoms with Gasteiger partial charge in [-0.3, -0.25) is 4.52 Å². The van der Waals surface area contributed by atoms with Gasteiger partial charge in [-0.05, 0) is 0 Å². The van der Waals surface area contributed by atoms with Gasteiger partial charge in [0.05, 0.1) is 7.82 Å². The summed E-state index contributed by atoms with van der Waals surface area (Å²) < 4.78 is 231. The Morgan fingerprint density at radius 1 is 0.531 bits per heavy atom. The number of hydrogen-bond acceptors (Lipinski definition) is 4. The SMILES string of the molecule is O=P([O-])([O-])OC(F)(F)C(F)(F)C(F)(F)C(F)(F)C(F)(F)C(F)(F)C(F)(F)CCC(F)(F)F. The van der Waals surface area contributed by atoms with Gasteiger partial charge in [0.2, 0.25) is 0 Å². The number of rotatable bonds is 10. The van der Waals surface area contributed by atoms with Gasteiger partial charge in [0.1, 0.15) is 0 Å². The second-order valence-corrected chi connectivity index (χ2v) is 6.82. The van der Waals surface area contributed by atoms with Crippen LogP contribution in [0, 0.1) is 0 Å². The Labute approximate surface area is 163 Å². The largest absolute Gasteiger partial charge is 0.790 e. The molecule has 0 amide bonds. The van der Waals surface area contributed by atoms with E-state index in [2.05, 4.69) is 0 Å². The molecule has 194 valence electrons. The molecule has 0 bridgehead atoms. The van der Waals surface area contributed by atoms with Crippen molar-refractivity contribution in [3.63, 3.8) is 0 Å². The van der Waals surface area contributed by atoms with E-state index in [0.717, 1.165) is 0 Å². The minimum Gasteiger partial charge on any atom is -0.790 e. The van der Waals surface area contributed by atoms with Gasteiger partial charge >= 0.3 is 47.8 Å². The smallest absolute Gasteiger partial charge is 0.429 e. The highest BCUT2D eigenvalue weighted by Gasteiger charge is 2.93. The topological polar surface area (TPSA) is 72.4 Å². The number of halogens is 17. The van der Waals surface area contributed by atoms with Crippen LogP contribution in [0.1, 0.15) is 12.8 Å². The molecule has 32 heavy (non-hydrogen) atoms. The summed E-state index contributed by atoms with van der Waals surface area (Å²) in [6, 6.07) is 0. The first-order valence-electron chi connectivity index (χ1n) is 6.85. The summed E-state index contributed by atoms with van der Waals surface area (Å²) in [5.41, 5.74) is 0. The molecule has 0 aromatic rings. The normalized spacial score (nSPS) is 16.5. The highest BCUT2D eigenvalue weighted by Crippen LogP contribution is 2.63. The summed E-state index contributed by atoms with van der Waals surface area (Å²) in [5, 5.41) is 0. The van der Waals surface area contributed by atoms with Gasteiger partial charge in [0, 0.05) is 12.8 Å². The van der Waals surface area contributed by atoms with Crippen molar-refractivity contribution in [1.29, 1.82) is 0 Å². The van der Waals surface area contributed by atoms with Crippen molar-refractivity contribution < 1.29 is 93.5 Å². The van der Waals surface area contributed by atoms with E-state index in [0.29, 0.717) is 0 Å². The molecular weight excluding hydrogens is 538 g/mol. The lowest BCUT2D eigenvalue weighted by molar-refractivity contribution is -0.467. The number of phosphoric ester groups is 1. The van der Waals surface area contributed by atoms with Gasteiger partial charge in [0.15, 0.2) is 0 Å². The lowest BCUT2D eigenvalue weighted by Crippen LogP contribution is -2.73. The highest BCUT2D eigenvalue weighted by atomic mass is 31.2. The molecule has 0 aliphatic rings. The van der Waals surface area contributed by atoms with Crippen LogP contribution in [0.3, 0.4) is 0 Å². The number of phosphoric acid groups is 1. The fourth-order valence-corrected chi connectivity index (χ4v) is 2.05. The Balaban J connectivity index is 6.51. The second-order valence-electron chi connectivity index (χ2n) is 5.75. The summed E-state index contributed by atoms with van der Waals surface area (Å²) in [7, 11) is -7.50. The Kier molecular flexibility index (Phi) is 7.73. The Morgan fingerprint density at radius 3 is 1.16 bits per heavy atom. The molecule has 22 heteroatoms. The van der Waals surface area contributed by atoms with E-state index in [1.807, 2.05) is 0 Å². The molecule has 0 aromatic heterocycles. The van der Waals surface area contributed by atoms with E-state index in [1.165, 1.54) is 0 Å². The lowest BCUT2D eigenvalue weighted by atomic mass is 9.89. The molecule has 0 aromatic carbocycles. The maximum atomic E-state index is 13.3. The van der Waals surface area contributed by atoms with Crippen LogP contribution in [0.15, 0.2) is 0 Å². The zero-order valence-electron chi connectivity index (χ0n) is 13.9. The summed E-state index contributed by atoms with van der Waals surface area (Å²) in [4.78, 5) is 19.7. The zero-order chi connectivity index (χ0) is 26.6. The third kappa shape index (κ3) is 5.19. The molecule has 0 saturated carbocycles. The van der Waals surface area contributed by atoms with Crippen molar-refractivity contribution in [3.8, 4) is 0 Å². The molecule has 0 saturated heterocycles. The molecule has 0 N–H and O–H groups in total. The number of alkyl halides is 17. The first-order chi connectivity index (χ1) is 13.4. The maximum Gasteiger partial charge on any atom is 0.429 e. The van der Waals surface area contributed by atoms with Gasteiger partial charge < -0.3 is 14.4 Å². The predicted octanol–water partition coefficient (Wildman–Crippen LogP) is 4.58. The van der Waals surface area contributed by atoms with E-state index < -0.39 is 68.5 Å². The summed E-state index contributed by atoms with van der Waals surface area (Å²) in [6.07, 6.45) is -20.1. The second kappa shape index (κ2) is 8.00. The minimum atomic E-state index is -8.66. The average molecular weight is 542 g/mol. The van der Waals surface area contributed by atoms with Crippen molar-refractivity contribution in [2.24, 2.45) is 0 Å². The van der Waals surface area contributed by atoms with Crippen molar-refractivity contribution in [1.82, 2.24) is 0 Å². The predicted molar refractivity (Wildman–Crippen MR) is 58.6 cm³/mol. The molecule has 0 heterocycles. The standard InChI is InChI=1S/C10H6F17O4P/c11-3(12,1-2-4(13,14)15)5(16,17)6(18,19)7(20,21)8(22,23)9(24,25)10(26,27)31-32(28,29)30/h1-2H2,(H2,28,29,30)/p-2. The van der Waals surface area contributed by atoms with Crippen LogP contribution in [0.2, 0.25) is 0 Å². The molecule has 0 spiro atoms. The first-order valence-corrected chi connectivity index (χ1v) is 8.31. The van der Waals surface area contributed by atoms with Crippen LogP contribution in [0.4, 0.5) is 74.6 Å². The van der Waals surface area contributed by atoms with Gasteiger partial charge in [-0.2, -0.15) is 74.6 Å². The molecule has 0 aliphatic carbocycles. The molecule has 4 nitrogen and oxygen atoms in total. The van der Waals surface area contributed by atoms with Crippen LogP contribution in [0.5, 0.6) is 0 Å². The Bertz CT molecular complexity index is 723. The Morgan fingerprint density at radius 2 is 0.844 bits per heavy atom. The third-order valence-electron chi connectivity index (χ3n) is 3.35. The molecule has 0 unspecified atom stereocenters. The Hall–Kier alpha value is -1.08. The molecule has 0 radical (unpaired) electrons. The third-order valence-corrected chi connectivity index (χ3v) is 3.80. The van der Waals surface area contributed by atoms with Crippen molar-refractivity contribution in [2.45, 2.75) is 60.7 Å². The molecule has 0 atom stereocenters. The van der Waals surface area contributed by atoms with Gasteiger partial charge in [-0.25, -0.2) is 0 Å². The van der Waals surface area contributed by atoms with Crippen LogP contribution < -0.4 is 9.79 Å². The first kappa shape index (κ1) is 30.9. The van der Waals surface area contributed by atoms with Gasteiger partial charge in [0.25, 0.3) is 0 Å². The monoisotopic (exact) mass is 542 g/mol. The van der Waals surface area contributed by atoms with E-state index >= 15 is 0 Å². The van der Waals surface area contributed by atoms with Crippen molar-refractivity contribution in [2.75, 3.05) is 0 Å². The van der Waals surface area contributed by atoms with E-state index in [1.54, 1.807) is 4.52 Å². The minimum absolute atomic E-state index is 1.56. The highest BCUT2D eigenvalue weighted by molar-refractivity contribution is 7.43. The van der Waals surface area contributed by atoms with E-state index in [9.17, 15) is 89.0 Å². The lowest BCUT2D eigenvalue weighted by Gasteiger charge is -2.43. The maximum absolute atomic E-state index is 13.3. The van der Waals surface area contributed by atoms with Crippen molar-refractivity contribution in [3.05, 3.63) is 0 Å². The van der Waals surface area contributed by atoms with Crippen LogP contribution in [-0.2, 0) is 9.09 Å².